The molecule has 0 aliphatic rings. The number of hydrogen-bond acceptors (Lipinski definition) is 0. The fourth-order valence-corrected chi connectivity index (χ4v) is 3.51. The van der Waals surface area contributed by atoms with Gasteiger partial charge in [-0.15, -0.1) is 0 Å². The zero-order valence-electron chi connectivity index (χ0n) is 17.0. The molecule has 0 spiro atoms. The van der Waals surface area contributed by atoms with E-state index in [4.69, 9.17) is 0 Å². The predicted octanol–water partition coefficient (Wildman–Crippen LogP) is 7.58. The van der Waals surface area contributed by atoms with Gasteiger partial charge in [0.15, 0.2) is 0 Å². The van der Waals surface area contributed by atoms with Crippen LogP contribution in [-0.4, -0.2) is 0 Å². The van der Waals surface area contributed by atoms with Crippen LogP contribution < -0.4 is 0 Å². The molecule has 142 valence electrons. The van der Waals surface area contributed by atoms with Crippen LogP contribution in [0.25, 0.3) is 10.8 Å². The Labute approximate surface area is 169 Å². The molecule has 2 atom stereocenters. The lowest BCUT2D eigenvalue weighted by Gasteiger charge is -2.20. The average molecular weight is 367 g/mol. The van der Waals surface area contributed by atoms with Gasteiger partial charge in [0.05, 0.1) is 0 Å². The van der Waals surface area contributed by atoms with Crippen LogP contribution >= 0.6 is 0 Å². The summed E-state index contributed by atoms with van der Waals surface area (Å²) in [6.07, 6.45) is 2.35. The van der Waals surface area contributed by atoms with Crippen molar-refractivity contribution in [3.63, 3.8) is 0 Å². The fourth-order valence-electron chi connectivity index (χ4n) is 3.51. The van der Waals surface area contributed by atoms with Gasteiger partial charge in [-0.1, -0.05) is 123 Å². The van der Waals surface area contributed by atoms with Crippen molar-refractivity contribution >= 4 is 10.8 Å². The Kier molecular flexibility index (Phi) is 7.44. The average Bonchev–Trinajstić information content (AvgIpc) is 2.76. The highest BCUT2D eigenvalue weighted by atomic mass is 14.2. The third-order valence-electron chi connectivity index (χ3n) is 5.43. The summed E-state index contributed by atoms with van der Waals surface area (Å²) in [4.78, 5) is 0. The Morgan fingerprint density at radius 1 is 0.429 bits per heavy atom. The van der Waals surface area contributed by atoms with E-state index in [1.165, 1.54) is 34.7 Å². The first-order valence-corrected chi connectivity index (χ1v) is 10.2. The first-order chi connectivity index (χ1) is 13.7. The maximum Gasteiger partial charge on any atom is -0.0184 e. The topological polar surface area (TPSA) is 0 Å². The summed E-state index contributed by atoms with van der Waals surface area (Å²) in [5.41, 5.74) is 2.90. The molecule has 0 aromatic heterocycles. The van der Waals surface area contributed by atoms with Gasteiger partial charge in [-0.05, 0) is 46.6 Å². The van der Waals surface area contributed by atoms with Gasteiger partial charge < -0.3 is 0 Å². The van der Waals surface area contributed by atoms with E-state index < -0.39 is 0 Å². The smallest absolute Gasteiger partial charge is 0.0184 e. The standard InChI is InChI=1S/C18H22.C10H8/c1-15(13-17-9-5-3-6-10-17)16(2)14-18-11-7-4-8-12-18;1-2-6-10-8-4-3-7-9(10)5-1/h3-12,15-16H,13-14H2,1-2H3;1-8H. The van der Waals surface area contributed by atoms with Gasteiger partial charge in [-0.3, -0.25) is 0 Å². The van der Waals surface area contributed by atoms with Crippen molar-refractivity contribution in [2.75, 3.05) is 0 Å². The molecule has 0 aliphatic carbocycles. The van der Waals surface area contributed by atoms with Crippen LogP contribution in [0, 0.1) is 11.8 Å². The number of hydrogen-bond donors (Lipinski definition) is 0. The Morgan fingerprint density at radius 3 is 1.04 bits per heavy atom. The minimum atomic E-state index is 0.715. The Bertz CT molecular complexity index is 830. The van der Waals surface area contributed by atoms with E-state index in [1.807, 2.05) is 0 Å². The van der Waals surface area contributed by atoms with E-state index in [-0.39, 0.29) is 0 Å². The summed E-state index contributed by atoms with van der Waals surface area (Å²) in [5, 5.41) is 2.62. The molecule has 0 amide bonds. The van der Waals surface area contributed by atoms with Crippen molar-refractivity contribution in [2.45, 2.75) is 26.7 Å². The molecule has 0 saturated heterocycles. The molecular formula is C28H30. The molecule has 0 aliphatic heterocycles. The summed E-state index contributed by atoms with van der Waals surface area (Å²) < 4.78 is 0. The van der Waals surface area contributed by atoms with E-state index in [9.17, 15) is 0 Å². The molecule has 0 radical (unpaired) electrons. The quantitative estimate of drug-likeness (QED) is 0.341. The molecule has 0 heteroatoms. The monoisotopic (exact) mass is 366 g/mol. The van der Waals surface area contributed by atoms with Crippen molar-refractivity contribution < 1.29 is 0 Å². The molecule has 0 bridgehead atoms. The van der Waals surface area contributed by atoms with Crippen LogP contribution in [0.2, 0.25) is 0 Å². The van der Waals surface area contributed by atoms with Crippen LogP contribution in [0.5, 0.6) is 0 Å². The number of fused-ring (bicyclic) bond motifs is 1. The van der Waals surface area contributed by atoms with E-state index in [0.29, 0.717) is 11.8 Å². The summed E-state index contributed by atoms with van der Waals surface area (Å²) in [6.45, 7) is 4.72. The zero-order chi connectivity index (χ0) is 19.6. The first-order valence-electron chi connectivity index (χ1n) is 10.2. The summed E-state index contributed by atoms with van der Waals surface area (Å²) in [7, 11) is 0. The van der Waals surface area contributed by atoms with Crippen LogP contribution in [0.4, 0.5) is 0 Å². The Hall–Kier alpha value is -2.86. The Morgan fingerprint density at radius 2 is 0.714 bits per heavy atom. The maximum atomic E-state index is 2.36. The molecule has 28 heavy (non-hydrogen) atoms. The highest BCUT2D eigenvalue weighted by molar-refractivity contribution is 5.82. The van der Waals surface area contributed by atoms with Gasteiger partial charge in [0.25, 0.3) is 0 Å². The minimum Gasteiger partial charge on any atom is -0.0622 e. The SMILES string of the molecule is CC(Cc1ccccc1)C(C)Cc1ccccc1.c1ccc2ccccc2c1. The Balaban J connectivity index is 0.000000188. The van der Waals surface area contributed by atoms with Gasteiger partial charge >= 0.3 is 0 Å². The molecule has 0 heterocycles. The molecular weight excluding hydrogens is 336 g/mol. The van der Waals surface area contributed by atoms with Crippen LogP contribution in [0.1, 0.15) is 25.0 Å². The lowest BCUT2D eigenvalue weighted by atomic mass is 9.85. The minimum absolute atomic E-state index is 0.715. The fraction of sp³-hybridized carbons (Fsp3) is 0.214. The van der Waals surface area contributed by atoms with Gasteiger partial charge in [0.2, 0.25) is 0 Å². The van der Waals surface area contributed by atoms with Crippen molar-refractivity contribution in [2.24, 2.45) is 11.8 Å². The molecule has 4 aromatic carbocycles. The van der Waals surface area contributed by atoms with Crippen molar-refractivity contribution in [3.05, 3.63) is 120 Å². The third-order valence-corrected chi connectivity index (χ3v) is 5.43. The number of rotatable bonds is 5. The first kappa shape index (κ1) is 19.9. The summed E-state index contributed by atoms with van der Waals surface area (Å²) in [6, 6.07) is 38.3. The highest BCUT2D eigenvalue weighted by Crippen LogP contribution is 2.21. The molecule has 4 rings (SSSR count). The van der Waals surface area contributed by atoms with E-state index in [1.54, 1.807) is 0 Å². The maximum absolute atomic E-state index is 2.36. The lowest BCUT2D eigenvalue weighted by Crippen LogP contribution is -2.13. The number of benzene rings is 4. The van der Waals surface area contributed by atoms with Crippen LogP contribution in [0.15, 0.2) is 109 Å². The van der Waals surface area contributed by atoms with Crippen molar-refractivity contribution in [1.29, 1.82) is 0 Å². The van der Waals surface area contributed by atoms with Crippen molar-refractivity contribution in [1.82, 2.24) is 0 Å². The lowest BCUT2D eigenvalue weighted by molar-refractivity contribution is 0.383. The molecule has 0 saturated carbocycles. The molecule has 4 aromatic rings. The van der Waals surface area contributed by atoms with E-state index in [2.05, 4.69) is 123 Å². The highest BCUT2D eigenvalue weighted by Gasteiger charge is 2.13. The third kappa shape index (κ3) is 6.09. The molecule has 2 unspecified atom stereocenters. The second-order valence-corrected chi connectivity index (χ2v) is 7.68. The zero-order valence-corrected chi connectivity index (χ0v) is 17.0. The van der Waals surface area contributed by atoms with E-state index in [0.717, 1.165) is 0 Å². The van der Waals surface area contributed by atoms with Gasteiger partial charge in [-0.2, -0.15) is 0 Å². The van der Waals surface area contributed by atoms with Gasteiger partial charge in [0.1, 0.15) is 0 Å². The van der Waals surface area contributed by atoms with Crippen LogP contribution in [-0.2, 0) is 12.8 Å². The predicted molar refractivity (Wildman–Crippen MR) is 123 cm³/mol. The van der Waals surface area contributed by atoms with Crippen LogP contribution in [0.3, 0.4) is 0 Å². The second kappa shape index (κ2) is 10.5. The summed E-state index contributed by atoms with van der Waals surface area (Å²) >= 11 is 0. The largest absolute Gasteiger partial charge is 0.0622 e. The molecule has 0 N–H and O–H groups in total. The van der Waals surface area contributed by atoms with E-state index >= 15 is 0 Å². The van der Waals surface area contributed by atoms with Gasteiger partial charge in [0, 0.05) is 0 Å². The normalized spacial score (nSPS) is 12.6. The molecule has 0 nitrogen and oxygen atoms in total. The second-order valence-electron chi connectivity index (χ2n) is 7.68. The summed E-state index contributed by atoms with van der Waals surface area (Å²) in [5.74, 6) is 1.43. The molecule has 0 fully saturated rings. The van der Waals surface area contributed by atoms with Crippen molar-refractivity contribution in [3.8, 4) is 0 Å². The van der Waals surface area contributed by atoms with Gasteiger partial charge in [-0.25, -0.2) is 0 Å².